The van der Waals surface area contributed by atoms with E-state index in [4.69, 9.17) is 5.73 Å². The fraction of sp³-hybridized carbons (Fsp3) is 0.667. The molecule has 2 rings (SSSR count). The van der Waals surface area contributed by atoms with Gasteiger partial charge >= 0.3 is 0 Å². The van der Waals surface area contributed by atoms with Gasteiger partial charge in [0, 0.05) is 6.04 Å². The summed E-state index contributed by atoms with van der Waals surface area (Å²) in [4.78, 5) is 0. The highest BCUT2D eigenvalue weighted by atomic mass is 14.6. The molecule has 1 aliphatic carbocycles. The molecule has 106 valence electrons. The maximum atomic E-state index is 6.07. The van der Waals surface area contributed by atoms with Gasteiger partial charge in [-0.3, -0.25) is 0 Å². The highest BCUT2D eigenvalue weighted by molar-refractivity contribution is 5.41. The zero-order chi connectivity index (χ0) is 14.0. The average molecular weight is 259 g/mol. The van der Waals surface area contributed by atoms with Crippen LogP contribution in [-0.4, -0.2) is 6.04 Å². The molecule has 0 aromatic heterocycles. The normalized spacial score (nSPS) is 24.2. The van der Waals surface area contributed by atoms with Crippen LogP contribution in [0, 0.1) is 0 Å². The minimum Gasteiger partial charge on any atom is -0.328 e. The van der Waals surface area contributed by atoms with Gasteiger partial charge in [0.25, 0.3) is 0 Å². The Morgan fingerprint density at radius 1 is 0.895 bits per heavy atom. The molecule has 19 heavy (non-hydrogen) atoms. The topological polar surface area (TPSA) is 26.0 Å². The third-order valence-corrected chi connectivity index (χ3v) is 4.60. The van der Waals surface area contributed by atoms with E-state index in [0.717, 1.165) is 5.92 Å². The molecule has 0 saturated heterocycles. The van der Waals surface area contributed by atoms with E-state index in [2.05, 4.69) is 45.9 Å². The van der Waals surface area contributed by atoms with Crippen LogP contribution in [0.25, 0.3) is 0 Å². The van der Waals surface area contributed by atoms with Crippen LogP contribution in [0.4, 0.5) is 0 Å². The van der Waals surface area contributed by atoms with Crippen LogP contribution < -0.4 is 5.73 Å². The van der Waals surface area contributed by atoms with E-state index in [1.807, 2.05) is 0 Å². The fourth-order valence-corrected chi connectivity index (χ4v) is 3.49. The van der Waals surface area contributed by atoms with E-state index < -0.39 is 0 Å². The maximum Gasteiger partial charge on any atom is 0.00392 e. The predicted octanol–water partition coefficient (Wildman–Crippen LogP) is 4.92. The van der Waals surface area contributed by atoms with Crippen LogP contribution in [-0.2, 0) is 0 Å². The maximum absolute atomic E-state index is 6.07. The number of rotatable bonds is 3. The van der Waals surface area contributed by atoms with E-state index in [9.17, 15) is 0 Å². The lowest BCUT2D eigenvalue weighted by atomic mass is 9.75. The van der Waals surface area contributed by atoms with Gasteiger partial charge in [-0.05, 0) is 60.1 Å². The first-order valence-electron chi connectivity index (χ1n) is 7.89. The first-order valence-corrected chi connectivity index (χ1v) is 7.89. The minimum absolute atomic E-state index is 0.435. The number of nitrogens with two attached hydrogens (primary N) is 1. The van der Waals surface area contributed by atoms with Crippen molar-refractivity contribution in [3.05, 3.63) is 34.9 Å². The quantitative estimate of drug-likeness (QED) is 0.819. The van der Waals surface area contributed by atoms with E-state index in [1.54, 1.807) is 16.7 Å². The van der Waals surface area contributed by atoms with Gasteiger partial charge in [-0.1, -0.05) is 45.9 Å². The van der Waals surface area contributed by atoms with Crippen LogP contribution >= 0.6 is 0 Å². The van der Waals surface area contributed by atoms with Gasteiger partial charge in [0.1, 0.15) is 0 Å². The molecule has 0 radical (unpaired) electrons. The van der Waals surface area contributed by atoms with Crippen LogP contribution in [0.1, 0.15) is 87.8 Å². The number of hydrogen-bond acceptors (Lipinski definition) is 1. The van der Waals surface area contributed by atoms with Crippen molar-refractivity contribution in [2.24, 2.45) is 5.73 Å². The molecule has 1 aliphatic rings. The van der Waals surface area contributed by atoms with Crippen molar-refractivity contribution in [1.82, 2.24) is 0 Å². The Hall–Kier alpha value is -0.820. The molecule has 1 nitrogen and oxygen atoms in total. The van der Waals surface area contributed by atoms with Crippen LogP contribution in [0.15, 0.2) is 18.2 Å². The first-order chi connectivity index (χ1) is 9.00. The second-order valence-corrected chi connectivity index (χ2v) is 6.77. The van der Waals surface area contributed by atoms with Gasteiger partial charge in [-0.25, -0.2) is 0 Å². The smallest absolute Gasteiger partial charge is 0.00392 e. The molecular weight excluding hydrogens is 230 g/mol. The van der Waals surface area contributed by atoms with Gasteiger partial charge in [0.15, 0.2) is 0 Å². The van der Waals surface area contributed by atoms with Gasteiger partial charge in [-0.15, -0.1) is 0 Å². The summed E-state index contributed by atoms with van der Waals surface area (Å²) in [5.74, 6) is 1.96. The summed E-state index contributed by atoms with van der Waals surface area (Å²) >= 11 is 0. The molecule has 0 heterocycles. The zero-order valence-electron chi connectivity index (χ0n) is 12.9. The van der Waals surface area contributed by atoms with Crippen molar-refractivity contribution >= 4 is 0 Å². The standard InChI is InChI=1S/C18H29N/c1-12(2)16-6-5-7-17(13(3)4)18(16)14-8-10-15(19)11-9-14/h5-7,12-15H,8-11,19H2,1-4H3. The summed E-state index contributed by atoms with van der Waals surface area (Å²) in [6.45, 7) is 9.27. The molecule has 0 unspecified atom stereocenters. The van der Waals surface area contributed by atoms with Crippen molar-refractivity contribution in [3.8, 4) is 0 Å². The molecule has 1 aromatic carbocycles. The molecule has 0 aliphatic heterocycles. The molecule has 1 aromatic rings. The van der Waals surface area contributed by atoms with Gasteiger partial charge in [0.2, 0.25) is 0 Å². The SMILES string of the molecule is CC(C)c1cccc(C(C)C)c1C1CCC(N)CC1. The molecule has 2 N–H and O–H groups in total. The lowest BCUT2D eigenvalue weighted by molar-refractivity contribution is 0.391. The van der Waals surface area contributed by atoms with Crippen molar-refractivity contribution in [3.63, 3.8) is 0 Å². The summed E-state index contributed by atoms with van der Waals surface area (Å²) in [7, 11) is 0. The first kappa shape index (κ1) is 14.6. The minimum atomic E-state index is 0.435. The molecule has 1 saturated carbocycles. The Balaban J connectivity index is 2.40. The zero-order valence-corrected chi connectivity index (χ0v) is 12.9. The Bertz CT molecular complexity index is 385. The molecular formula is C18H29N. The fourth-order valence-electron chi connectivity index (χ4n) is 3.49. The largest absolute Gasteiger partial charge is 0.328 e. The predicted molar refractivity (Wildman–Crippen MR) is 83.8 cm³/mol. The lowest BCUT2D eigenvalue weighted by Crippen LogP contribution is -2.26. The third-order valence-electron chi connectivity index (χ3n) is 4.60. The van der Waals surface area contributed by atoms with E-state index >= 15 is 0 Å². The summed E-state index contributed by atoms with van der Waals surface area (Å²) < 4.78 is 0. The Kier molecular flexibility index (Phi) is 4.67. The van der Waals surface area contributed by atoms with E-state index in [0.29, 0.717) is 17.9 Å². The lowest BCUT2D eigenvalue weighted by Gasteiger charge is -2.31. The van der Waals surface area contributed by atoms with Crippen LogP contribution in [0.5, 0.6) is 0 Å². The molecule has 1 heteroatoms. The van der Waals surface area contributed by atoms with Crippen molar-refractivity contribution in [1.29, 1.82) is 0 Å². The molecule has 0 spiro atoms. The summed E-state index contributed by atoms with van der Waals surface area (Å²) in [5.41, 5.74) is 10.8. The molecule has 1 fully saturated rings. The van der Waals surface area contributed by atoms with Gasteiger partial charge in [0.05, 0.1) is 0 Å². The Morgan fingerprint density at radius 2 is 1.37 bits per heavy atom. The van der Waals surface area contributed by atoms with Crippen LogP contribution in [0.2, 0.25) is 0 Å². The number of benzene rings is 1. The van der Waals surface area contributed by atoms with Gasteiger partial charge in [-0.2, -0.15) is 0 Å². The van der Waals surface area contributed by atoms with E-state index in [1.165, 1.54) is 25.7 Å². The number of hydrogen-bond donors (Lipinski definition) is 1. The van der Waals surface area contributed by atoms with Crippen molar-refractivity contribution < 1.29 is 0 Å². The van der Waals surface area contributed by atoms with E-state index in [-0.39, 0.29) is 0 Å². The second-order valence-electron chi connectivity index (χ2n) is 6.77. The molecule has 0 atom stereocenters. The van der Waals surface area contributed by atoms with Crippen molar-refractivity contribution in [2.75, 3.05) is 0 Å². The van der Waals surface area contributed by atoms with Crippen LogP contribution in [0.3, 0.4) is 0 Å². The molecule has 0 bridgehead atoms. The summed E-state index contributed by atoms with van der Waals surface area (Å²) in [5, 5.41) is 0. The Morgan fingerprint density at radius 3 is 1.79 bits per heavy atom. The van der Waals surface area contributed by atoms with Gasteiger partial charge < -0.3 is 5.73 Å². The second kappa shape index (κ2) is 6.09. The highest BCUT2D eigenvalue weighted by Gasteiger charge is 2.25. The Labute approximate surface area is 118 Å². The summed E-state index contributed by atoms with van der Waals surface area (Å²) in [6.07, 6.45) is 4.92. The van der Waals surface area contributed by atoms with Crippen molar-refractivity contribution in [2.45, 2.75) is 77.2 Å². The molecule has 0 amide bonds. The monoisotopic (exact) mass is 259 g/mol. The third kappa shape index (κ3) is 3.20. The average Bonchev–Trinajstić information content (AvgIpc) is 2.38. The highest BCUT2D eigenvalue weighted by Crippen LogP contribution is 2.40. The summed E-state index contributed by atoms with van der Waals surface area (Å²) in [6, 6.07) is 7.34.